The first-order valence-electron chi connectivity index (χ1n) is 7.05. The molecule has 2 heterocycles. The molecule has 1 aliphatic rings. The summed E-state index contributed by atoms with van der Waals surface area (Å²) in [4.78, 5) is 15.9. The zero-order valence-electron chi connectivity index (χ0n) is 12.0. The number of nitrogens with zero attached hydrogens (tertiary/aromatic N) is 1. The summed E-state index contributed by atoms with van der Waals surface area (Å²) >= 11 is 1.59. The number of carbonyl (C=O) groups is 1. The van der Waals surface area contributed by atoms with Crippen LogP contribution in [0.15, 0.2) is 35.9 Å². The first-order valence-corrected chi connectivity index (χ1v) is 7.93. The molecule has 0 bridgehead atoms. The molecule has 0 atom stereocenters. The molecule has 6 heteroatoms. The second-order valence-corrected chi connectivity index (χ2v) is 5.68. The molecule has 0 saturated heterocycles. The molecule has 1 amide bonds. The van der Waals surface area contributed by atoms with E-state index in [2.05, 4.69) is 10.3 Å². The van der Waals surface area contributed by atoms with Gasteiger partial charge in [0.15, 0.2) is 11.5 Å². The van der Waals surface area contributed by atoms with Gasteiger partial charge in [-0.25, -0.2) is 4.98 Å². The summed E-state index contributed by atoms with van der Waals surface area (Å²) in [5.41, 5.74) is 0.902. The molecule has 22 heavy (non-hydrogen) atoms. The van der Waals surface area contributed by atoms with E-state index in [4.69, 9.17) is 9.47 Å². The van der Waals surface area contributed by atoms with Crippen molar-refractivity contribution in [3.63, 3.8) is 0 Å². The molecule has 5 nitrogen and oxygen atoms in total. The average Bonchev–Trinajstić information content (AvgIpc) is 3.06. The Morgan fingerprint density at radius 2 is 2.18 bits per heavy atom. The number of hydrogen-bond acceptors (Lipinski definition) is 5. The predicted octanol–water partition coefficient (Wildman–Crippen LogP) is 2.29. The van der Waals surface area contributed by atoms with Crippen molar-refractivity contribution in [2.75, 3.05) is 19.8 Å². The molecule has 0 radical (unpaired) electrons. The lowest BCUT2D eigenvalue weighted by molar-refractivity contribution is -0.116. The Balaban J connectivity index is 1.51. The number of nitrogens with one attached hydrogen (secondary N) is 1. The number of fused-ring (bicyclic) bond motifs is 1. The summed E-state index contributed by atoms with van der Waals surface area (Å²) in [6.45, 7) is 1.71. The van der Waals surface area contributed by atoms with Crippen LogP contribution in [0.25, 0.3) is 6.08 Å². The van der Waals surface area contributed by atoms with Crippen LogP contribution in [0, 0.1) is 0 Å². The standard InChI is InChI=1S/C16H16N2O3S/c19-15(17-6-5-16-18-7-10-22-16)4-2-12-1-3-13-14(11-12)21-9-8-20-13/h1-4,7,10-11H,5-6,8-9H2,(H,17,19)/b4-2-. The highest BCUT2D eigenvalue weighted by molar-refractivity contribution is 7.09. The molecule has 1 N–H and O–H groups in total. The van der Waals surface area contributed by atoms with E-state index in [-0.39, 0.29) is 5.91 Å². The molecule has 1 aromatic carbocycles. The normalized spacial score (nSPS) is 13.3. The third kappa shape index (κ3) is 3.85. The van der Waals surface area contributed by atoms with Gasteiger partial charge in [0, 0.05) is 30.6 Å². The molecule has 0 spiro atoms. The highest BCUT2D eigenvalue weighted by Crippen LogP contribution is 2.30. The first kappa shape index (κ1) is 14.6. The van der Waals surface area contributed by atoms with Gasteiger partial charge in [-0.05, 0) is 23.8 Å². The molecule has 3 rings (SSSR count). The van der Waals surface area contributed by atoms with E-state index in [9.17, 15) is 4.79 Å². The summed E-state index contributed by atoms with van der Waals surface area (Å²) in [5.74, 6) is 1.35. The minimum Gasteiger partial charge on any atom is -0.486 e. The van der Waals surface area contributed by atoms with Gasteiger partial charge in [0.2, 0.25) is 5.91 Å². The van der Waals surface area contributed by atoms with E-state index in [1.165, 1.54) is 6.08 Å². The molecule has 0 fully saturated rings. The molecule has 0 aliphatic carbocycles. The van der Waals surface area contributed by atoms with Crippen LogP contribution >= 0.6 is 11.3 Å². The number of aromatic nitrogens is 1. The van der Waals surface area contributed by atoms with Crippen LogP contribution in [0.5, 0.6) is 11.5 Å². The number of rotatable bonds is 5. The lowest BCUT2D eigenvalue weighted by atomic mass is 10.2. The lowest BCUT2D eigenvalue weighted by Crippen LogP contribution is -2.23. The van der Waals surface area contributed by atoms with Gasteiger partial charge in [-0.1, -0.05) is 6.07 Å². The topological polar surface area (TPSA) is 60.5 Å². The number of thiazole rings is 1. The molecule has 2 aromatic rings. The molecule has 1 aliphatic heterocycles. The van der Waals surface area contributed by atoms with Gasteiger partial charge in [-0.2, -0.15) is 0 Å². The zero-order chi connectivity index (χ0) is 15.2. The van der Waals surface area contributed by atoms with E-state index in [1.807, 2.05) is 23.6 Å². The molecule has 0 saturated carbocycles. The van der Waals surface area contributed by atoms with Crippen LogP contribution in [-0.4, -0.2) is 30.6 Å². The highest BCUT2D eigenvalue weighted by Gasteiger charge is 2.10. The van der Waals surface area contributed by atoms with E-state index in [1.54, 1.807) is 23.6 Å². The summed E-state index contributed by atoms with van der Waals surface area (Å²) in [6, 6.07) is 5.62. The molecule has 1 aromatic heterocycles. The fraction of sp³-hybridized carbons (Fsp3) is 0.250. The van der Waals surface area contributed by atoms with E-state index >= 15 is 0 Å². The van der Waals surface area contributed by atoms with Crippen molar-refractivity contribution in [3.05, 3.63) is 46.4 Å². The molecule has 0 unspecified atom stereocenters. The Morgan fingerprint density at radius 3 is 3.00 bits per heavy atom. The van der Waals surface area contributed by atoms with Crippen LogP contribution in [0.4, 0.5) is 0 Å². The van der Waals surface area contributed by atoms with Gasteiger partial charge in [-0.3, -0.25) is 4.79 Å². The summed E-state index contributed by atoms with van der Waals surface area (Å²) in [7, 11) is 0. The predicted molar refractivity (Wildman–Crippen MR) is 85.3 cm³/mol. The van der Waals surface area contributed by atoms with E-state index in [0.29, 0.717) is 19.8 Å². The second-order valence-electron chi connectivity index (χ2n) is 4.70. The molecule has 114 valence electrons. The van der Waals surface area contributed by atoms with Gasteiger partial charge < -0.3 is 14.8 Å². The fourth-order valence-corrected chi connectivity index (χ4v) is 2.68. The van der Waals surface area contributed by atoms with Crippen molar-refractivity contribution >= 4 is 23.3 Å². The van der Waals surface area contributed by atoms with Gasteiger partial charge in [0.05, 0.1) is 5.01 Å². The van der Waals surface area contributed by atoms with Crippen molar-refractivity contribution in [2.45, 2.75) is 6.42 Å². The lowest BCUT2D eigenvalue weighted by Gasteiger charge is -2.18. The Bertz CT molecular complexity index is 668. The van der Waals surface area contributed by atoms with Crippen LogP contribution in [0.1, 0.15) is 10.6 Å². The number of carbonyl (C=O) groups excluding carboxylic acids is 1. The van der Waals surface area contributed by atoms with Crippen LogP contribution in [0.3, 0.4) is 0 Å². The maximum absolute atomic E-state index is 11.8. The fourth-order valence-electron chi connectivity index (χ4n) is 2.06. The summed E-state index contributed by atoms with van der Waals surface area (Å²) in [6.07, 6.45) is 5.80. The summed E-state index contributed by atoms with van der Waals surface area (Å²) < 4.78 is 11.0. The minimum absolute atomic E-state index is 0.119. The third-order valence-corrected chi connectivity index (χ3v) is 3.95. The zero-order valence-corrected chi connectivity index (χ0v) is 12.8. The Kier molecular flexibility index (Phi) is 4.70. The van der Waals surface area contributed by atoms with Gasteiger partial charge in [-0.15, -0.1) is 11.3 Å². The third-order valence-electron chi connectivity index (χ3n) is 3.11. The maximum Gasteiger partial charge on any atom is 0.244 e. The smallest absolute Gasteiger partial charge is 0.244 e. The SMILES string of the molecule is O=C(/C=C\c1ccc2c(c1)OCCO2)NCCc1nccs1. The quantitative estimate of drug-likeness (QED) is 0.860. The Labute approximate surface area is 132 Å². The van der Waals surface area contributed by atoms with Crippen molar-refractivity contribution < 1.29 is 14.3 Å². The number of ether oxygens (including phenoxy) is 2. The van der Waals surface area contributed by atoms with Gasteiger partial charge in [0.25, 0.3) is 0 Å². The minimum atomic E-state index is -0.119. The van der Waals surface area contributed by atoms with Gasteiger partial charge >= 0.3 is 0 Å². The van der Waals surface area contributed by atoms with Crippen molar-refractivity contribution in [2.24, 2.45) is 0 Å². The Morgan fingerprint density at radius 1 is 1.32 bits per heavy atom. The summed E-state index contributed by atoms with van der Waals surface area (Å²) in [5, 5.41) is 5.79. The monoisotopic (exact) mass is 316 g/mol. The first-order chi connectivity index (χ1) is 10.8. The van der Waals surface area contributed by atoms with E-state index < -0.39 is 0 Å². The number of hydrogen-bond donors (Lipinski definition) is 1. The number of benzene rings is 1. The molecular weight excluding hydrogens is 300 g/mol. The Hall–Kier alpha value is -2.34. The van der Waals surface area contributed by atoms with E-state index in [0.717, 1.165) is 28.5 Å². The van der Waals surface area contributed by atoms with Crippen molar-refractivity contribution in [1.82, 2.24) is 10.3 Å². The highest BCUT2D eigenvalue weighted by atomic mass is 32.1. The second kappa shape index (κ2) is 7.09. The maximum atomic E-state index is 11.8. The number of amides is 1. The van der Waals surface area contributed by atoms with Crippen molar-refractivity contribution in [1.29, 1.82) is 0 Å². The van der Waals surface area contributed by atoms with Crippen LogP contribution < -0.4 is 14.8 Å². The van der Waals surface area contributed by atoms with Crippen LogP contribution in [-0.2, 0) is 11.2 Å². The molecular formula is C16H16N2O3S. The average molecular weight is 316 g/mol. The van der Waals surface area contributed by atoms with Gasteiger partial charge in [0.1, 0.15) is 13.2 Å². The van der Waals surface area contributed by atoms with Crippen molar-refractivity contribution in [3.8, 4) is 11.5 Å². The largest absolute Gasteiger partial charge is 0.486 e. The van der Waals surface area contributed by atoms with Crippen LogP contribution in [0.2, 0.25) is 0 Å².